The molecule has 0 aromatic heterocycles. The summed E-state index contributed by atoms with van der Waals surface area (Å²) in [6.07, 6.45) is 4.85. The van der Waals surface area contributed by atoms with Crippen molar-refractivity contribution in [3.8, 4) is 0 Å². The topological polar surface area (TPSA) is 40.5 Å². The molecule has 2 rings (SSSR count). The van der Waals surface area contributed by atoms with Crippen LogP contribution >= 0.6 is 11.8 Å². The molecule has 18 heavy (non-hydrogen) atoms. The molecule has 0 saturated carbocycles. The van der Waals surface area contributed by atoms with E-state index in [1.54, 1.807) is 0 Å². The molecule has 0 amide bonds. The molecule has 2 aliphatic rings. The fourth-order valence-electron chi connectivity index (χ4n) is 3.31. The van der Waals surface area contributed by atoms with E-state index >= 15 is 0 Å². The second-order valence-corrected chi connectivity index (χ2v) is 7.02. The van der Waals surface area contributed by atoms with Crippen LogP contribution in [0.4, 0.5) is 0 Å². The van der Waals surface area contributed by atoms with Gasteiger partial charge in [-0.2, -0.15) is 11.8 Å². The second kappa shape index (κ2) is 6.29. The van der Waals surface area contributed by atoms with Gasteiger partial charge in [-0.05, 0) is 56.2 Å². The minimum Gasteiger partial charge on any atom is -0.481 e. The van der Waals surface area contributed by atoms with Gasteiger partial charge in [0.25, 0.3) is 0 Å². The van der Waals surface area contributed by atoms with Crippen LogP contribution in [-0.4, -0.2) is 47.1 Å². The summed E-state index contributed by atoms with van der Waals surface area (Å²) in [4.78, 5) is 14.0. The van der Waals surface area contributed by atoms with Gasteiger partial charge in [0.2, 0.25) is 0 Å². The molecule has 2 heterocycles. The molecule has 2 fully saturated rings. The first kappa shape index (κ1) is 14.2. The Kier molecular flexibility index (Phi) is 4.96. The van der Waals surface area contributed by atoms with Crippen molar-refractivity contribution in [2.45, 2.75) is 39.0 Å². The van der Waals surface area contributed by atoms with Crippen LogP contribution in [-0.2, 0) is 4.79 Å². The van der Waals surface area contributed by atoms with Gasteiger partial charge in [-0.1, -0.05) is 13.3 Å². The summed E-state index contributed by atoms with van der Waals surface area (Å²) in [5, 5.41) is 9.47. The summed E-state index contributed by atoms with van der Waals surface area (Å²) in [5.74, 6) is 2.89. The molecule has 0 aromatic rings. The average molecular weight is 271 g/mol. The van der Waals surface area contributed by atoms with Gasteiger partial charge in [0.15, 0.2) is 0 Å². The quantitative estimate of drug-likeness (QED) is 0.834. The van der Waals surface area contributed by atoms with Crippen LogP contribution in [0.3, 0.4) is 0 Å². The van der Waals surface area contributed by atoms with Gasteiger partial charge in [0.05, 0.1) is 5.41 Å². The summed E-state index contributed by atoms with van der Waals surface area (Å²) < 4.78 is 0. The van der Waals surface area contributed by atoms with E-state index in [0.29, 0.717) is 0 Å². The van der Waals surface area contributed by atoms with Crippen molar-refractivity contribution in [2.24, 2.45) is 11.3 Å². The lowest BCUT2D eigenvalue weighted by Crippen LogP contribution is -2.45. The average Bonchev–Trinajstić information content (AvgIpc) is 2.85. The number of thioether (sulfide) groups is 1. The van der Waals surface area contributed by atoms with Gasteiger partial charge in [0, 0.05) is 6.54 Å². The highest BCUT2D eigenvalue weighted by molar-refractivity contribution is 7.99. The first-order valence-electron chi connectivity index (χ1n) is 7.20. The maximum atomic E-state index is 11.5. The first-order valence-corrected chi connectivity index (χ1v) is 8.35. The number of rotatable bonds is 5. The van der Waals surface area contributed by atoms with Crippen molar-refractivity contribution in [1.29, 1.82) is 0 Å². The van der Waals surface area contributed by atoms with Crippen LogP contribution in [0.2, 0.25) is 0 Å². The SMILES string of the molecule is CCCC1(C(=O)O)CCN(CC2CCSC2)CC1. The van der Waals surface area contributed by atoms with E-state index < -0.39 is 11.4 Å². The Bertz CT molecular complexity index is 282. The van der Waals surface area contributed by atoms with Crippen LogP contribution in [0.1, 0.15) is 39.0 Å². The van der Waals surface area contributed by atoms with E-state index in [4.69, 9.17) is 0 Å². The van der Waals surface area contributed by atoms with Crippen molar-refractivity contribution < 1.29 is 9.90 Å². The van der Waals surface area contributed by atoms with Gasteiger partial charge in [0.1, 0.15) is 0 Å². The third-order valence-electron chi connectivity index (χ3n) is 4.54. The highest BCUT2D eigenvalue weighted by Gasteiger charge is 2.40. The van der Waals surface area contributed by atoms with E-state index in [2.05, 4.69) is 23.6 Å². The van der Waals surface area contributed by atoms with E-state index in [0.717, 1.165) is 44.7 Å². The predicted molar refractivity (Wildman–Crippen MR) is 76.1 cm³/mol. The van der Waals surface area contributed by atoms with Gasteiger partial charge in [-0.25, -0.2) is 0 Å². The lowest BCUT2D eigenvalue weighted by Gasteiger charge is -2.39. The number of piperidine rings is 1. The molecule has 104 valence electrons. The molecule has 2 saturated heterocycles. The van der Waals surface area contributed by atoms with E-state index in [-0.39, 0.29) is 0 Å². The lowest BCUT2D eigenvalue weighted by atomic mass is 9.75. The second-order valence-electron chi connectivity index (χ2n) is 5.87. The van der Waals surface area contributed by atoms with Gasteiger partial charge < -0.3 is 10.0 Å². The summed E-state index contributed by atoms with van der Waals surface area (Å²) >= 11 is 2.06. The Balaban J connectivity index is 1.83. The zero-order valence-electron chi connectivity index (χ0n) is 11.4. The maximum Gasteiger partial charge on any atom is 0.309 e. The molecule has 1 N–H and O–H groups in total. The third-order valence-corrected chi connectivity index (χ3v) is 5.77. The highest BCUT2D eigenvalue weighted by Crippen LogP contribution is 2.37. The fourth-order valence-corrected chi connectivity index (χ4v) is 4.58. The van der Waals surface area contributed by atoms with Crippen molar-refractivity contribution in [3.63, 3.8) is 0 Å². The number of nitrogens with zero attached hydrogens (tertiary/aromatic N) is 1. The van der Waals surface area contributed by atoms with Crippen LogP contribution < -0.4 is 0 Å². The van der Waals surface area contributed by atoms with Gasteiger partial charge in [-0.15, -0.1) is 0 Å². The third kappa shape index (κ3) is 3.21. The largest absolute Gasteiger partial charge is 0.481 e. The monoisotopic (exact) mass is 271 g/mol. The van der Waals surface area contributed by atoms with Gasteiger partial charge >= 0.3 is 5.97 Å². The zero-order chi connectivity index (χ0) is 13.0. The number of carboxylic acids is 1. The van der Waals surface area contributed by atoms with E-state index in [1.807, 2.05) is 0 Å². The van der Waals surface area contributed by atoms with Crippen molar-refractivity contribution in [2.75, 3.05) is 31.1 Å². The molecule has 4 heteroatoms. The Hall–Kier alpha value is -0.220. The summed E-state index contributed by atoms with van der Waals surface area (Å²) in [6, 6.07) is 0. The van der Waals surface area contributed by atoms with Crippen molar-refractivity contribution in [1.82, 2.24) is 4.90 Å². The molecule has 0 aromatic carbocycles. The molecule has 1 atom stereocenters. The Labute approximate surface area is 114 Å². The van der Waals surface area contributed by atoms with Crippen LogP contribution in [0, 0.1) is 11.3 Å². The van der Waals surface area contributed by atoms with Gasteiger partial charge in [-0.3, -0.25) is 4.79 Å². The molecule has 2 aliphatic heterocycles. The number of hydrogen-bond donors (Lipinski definition) is 1. The molecule has 0 radical (unpaired) electrons. The maximum absolute atomic E-state index is 11.5. The minimum atomic E-state index is -0.569. The molecule has 3 nitrogen and oxygen atoms in total. The molecule has 1 unspecified atom stereocenters. The number of aliphatic carboxylic acids is 1. The van der Waals surface area contributed by atoms with Crippen LogP contribution in [0.25, 0.3) is 0 Å². The standard InChI is InChI=1S/C14H25NO2S/c1-2-4-14(13(16)17)5-7-15(8-6-14)10-12-3-9-18-11-12/h12H,2-11H2,1H3,(H,16,17). The van der Waals surface area contributed by atoms with Crippen molar-refractivity contribution >= 4 is 17.7 Å². The smallest absolute Gasteiger partial charge is 0.309 e. The normalized spacial score (nSPS) is 28.4. The van der Waals surface area contributed by atoms with Crippen molar-refractivity contribution in [3.05, 3.63) is 0 Å². The highest BCUT2D eigenvalue weighted by atomic mass is 32.2. The van der Waals surface area contributed by atoms with Crippen LogP contribution in [0.15, 0.2) is 0 Å². The zero-order valence-corrected chi connectivity index (χ0v) is 12.2. The predicted octanol–water partition coefficient (Wildman–Crippen LogP) is 2.71. The molecule has 0 bridgehead atoms. The number of carbonyl (C=O) groups is 1. The minimum absolute atomic E-state index is 0.421. The van der Waals surface area contributed by atoms with E-state index in [9.17, 15) is 9.90 Å². The number of carboxylic acid groups (broad SMARTS) is 1. The Morgan fingerprint density at radius 1 is 1.44 bits per heavy atom. The Morgan fingerprint density at radius 2 is 2.17 bits per heavy atom. The molecular weight excluding hydrogens is 246 g/mol. The molecule has 0 spiro atoms. The number of likely N-dealkylation sites (tertiary alicyclic amines) is 1. The molecular formula is C14H25NO2S. The van der Waals surface area contributed by atoms with Crippen LogP contribution in [0.5, 0.6) is 0 Å². The summed E-state index contributed by atoms with van der Waals surface area (Å²) in [5.41, 5.74) is -0.421. The number of hydrogen-bond acceptors (Lipinski definition) is 3. The first-order chi connectivity index (χ1) is 8.66. The lowest BCUT2D eigenvalue weighted by molar-refractivity contribution is -0.152. The summed E-state index contributed by atoms with van der Waals surface area (Å²) in [7, 11) is 0. The Morgan fingerprint density at radius 3 is 2.67 bits per heavy atom. The van der Waals surface area contributed by atoms with E-state index in [1.165, 1.54) is 24.5 Å². The summed E-state index contributed by atoms with van der Waals surface area (Å²) in [6.45, 7) is 5.24. The fraction of sp³-hybridized carbons (Fsp3) is 0.929. The molecule has 0 aliphatic carbocycles.